The molecule has 3 N–H and O–H groups in total. The highest BCUT2D eigenvalue weighted by Crippen LogP contribution is 2.36. The van der Waals surface area contributed by atoms with Crippen LogP contribution in [0.1, 0.15) is 6.92 Å². The van der Waals surface area contributed by atoms with E-state index in [2.05, 4.69) is 0 Å². The Bertz CT molecular complexity index is 1110. The van der Waals surface area contributed by atoms with Crippen LogP contribution >= 0.6 is 0 Å². The average Bonchev–Trinajstić information content (AvgIpc) is 2.58. The van der Waals surface area contributed by atoms with Crippen LogP contribution in [0, 0.1) is 0 Å². The summed E-state index contributed by atoms with van der Waals surface area (Å²) in [5.41, 5.74) is 0.860. The van der Waals surface area contributed by atoms with Crippen molar-refractivity contribution in [3.8, 4) is 23.0 Å². The number of pyridine rings is 2. The van der Waals surface area contributed by atoms with Crippen LogP contribution in [0.5, 0.6) is 23.0 Å². The minimum Gasteiger partial charge on any atom is -0.504 e. The van der Waals surface area contributed by atoms with Crippen molar-refractivity contribution in [2.75, 3.05) is 6.61 Å². The number of phenolic OH excluding ortho intramolecular Hbond substituents is 3. The molecule has 0 atom stereocenters. The first-order chi connectivity index (χ1) is 11.6. The number of aromatic hydroxyl groups is 3. The number of aromatic nitrogens is 1. The predicted molar refractivity (Wildman–Crippen MR) is 90.8 cm³/mol. The van der Waals surface area contributed by atoms with Crippen molar-refractivity contribution >= 4 is 27.1 Å². The standard InChI is InChI=1S/C19H15NO4/c1-2-24-18-4-3-11-7-15-13-9-17(22)16(21)8-12(13)5-6-20(15)10-14(11)19(18)23/h3-10H,2H2,1H3,(H2,21,22,23)/p+1. The Morgan fingerprint density at radius 2 is 1.67 bits per heavy atom. The second-order valence-electron chi connectivity index (χ2n) is 5.66. The fourth-order valence-electron chi connectivity index (χ4n) is 3.02. The molecular weight excluding hydrogens is 306 g/mol. The van der Waals surface area contributed by atoms with E-state index in [9.17, 15) is 15.3 Å². The van der Waals surface area contributed by atoms with Crippen molar-refractivity contribution in [1.82, 2.24) is 0 Å². The van der Waals surface area contributed by atoms with Gasteiger partial charge in [-0.3, -0.25) is 0 Å². The normalized spacial score (nSPS) is 11.4. The number of hydrogen-bond donors (Lipinski definition) is 3. The van der Waals surface area contributed by atoms with Crippen molar-refractivity contribution in [2.45, 2.75) is 6.92 Å². The number of rotatable bonds is 2. The van der Waals surface area contributed by atoms with Gasteiger partial charge in [-0.2, -0.15) is 4.40 Å². The third-order valence-electron chi connectivity index (χ3n) is 4.19. The summed E-state index contributed by atoms with van der Waals surface area (Å²) in [6.45, 7) is 2.35. The maximum atomic E-state index is 10.4. The fourth-order valence-corrected chi connectivity index (χ4v) is 3.02. The van der Waals surface area contributed by atoms with Crippen molar-refractivity contribution in [1.29, 1.82) is 0 Å². The minimum absolute atomic E-state index is 0.109. The molecular formula is C19H16NO4+. The molecule has 0 spiro atoms. The van der Waals surface area contributed by atoms with E-state index in [0.717, 1.165) is 21.7 Å². The summed E-state index contributed by atoms with van der Waals surface area (Å²) in [4.78, 5) is 0. The number of phenols is 3. The monoisotopic (exact) mass is 322 g/mol. The van der Waals surface area contributed by atoms with E-state index in [-0.39, 0.29) is 17.2 Å². The Hall–Kier alpha value is -3.21. The molecule has 0 unspecified atom stereocenters. The summed E-state index contributed by atoms with van der Waals surface area (Å²) in [7, 11) is 0. The van der Waals surface area contributed by atoms with Gasteiger partial charge in [-0.05, 0) is 42.0 Å². The van der Waals surface area contributed by atoms with Crippen LogP contribution in [-0.2, 0) is 0 Å². The first kappa shape index (κ1) is 14.4. The molecule has 2 aromatic heterocycles. The smallest absolute Gasteiger partial charge is 0.219 e. The lowest BCUT2D eigenvalue weighted by molar-refractivity contribution is -0.509. The molecule has 2 aromatic carbocycles. The largest absolute Gasteiger partial charge is 0.504 e. The molecule has 0 saturated heterocycles. The third-order valence-corrected chi connectivity index (χ3v) is 4.19. The molecule has 0 amide bonds. The lowest BCUT2D eigenvalue weighted by Crippen LogP contribution is -2.20. The Kier molecular flexibility index (Phi) is 3.09. The predicted octanol–water partition coefficient (Wildman–Crippen LogP) is 3.25. The lowest BCUT2D eigenvalue weighted by atomic mass is 10.1. The fraction of sp³-hybridized carbons (Fsp3) is 0.105. The topological polar surface area (TPSA) is 74.0 Å². The Balaban J connectivity index is 2.08. The Morgan fingerprint density at radius 1 is 0.917 bits per heavy atom. The van der Waals surface area contributed by atoms with Crippen LogP contribution in [0.15, 0.2) is 48.8 Å². The second kappa shape index (κ2) is 5.16. The summed E-state index contributed by atoms with van der Waals surface area (Å²) in [6.07, 6.45) is 3.67. The van der Waals surface area contributed by atoms with Gasteiger partial charge in [0.1, 0.15) is 0 Å². The van der Waals surface area contributed by atoms with Gasteiger partial charge in [0.25, 0.3) is 0 Å². The summed E-state index contributed by atoms with van der Waals surface area (Å²) in [5.74, 6) is 0.252. The van der Waals surface area contributed by atoms with Crippen molar-refractivity contribution in [2.24, 2.45) is 0 Å². The molecule has 0 aliphatic heterocycles. The van der Waals surface area contributed by atoms with E-state index < -0.39 is 0 Å². The van der Waals surface area contributed by atoms with Crippen LogP contribution in [0.25, 0.3) is 27.1 Å². The number of fused-ring (bicyclic) bond motifs is 4. The number of benzene rings is 2. The zero-order chi connectivity index (χ0) is 16.8. The van der Waals surface area contributed by atoms with E-state index >= 15 is 0 Å². The molecule has 0 aliphatic carbocycles. The second-order valence-corrected chi connectivity index (χ2v) is 5.66. The molecule has 0 fully saturated rings. The van der Waals surface area contributed by atoms with Crippen molar-refractivity contribution < 1.29 is 24.5 Å². The van der Waals surface area contributed by atoms with Crippen LogP contribution in [0.3, 0.4) is 0 Å². The van der Waals surface area contributed by atoms with Gasteiger partial charge in [0, 0.05) is 12.1 Å². The quantitative estimate of drug-likeness (QED) is 0.229. The van der Waals surface area contributed by atoms with Gasteiger partial charge >= 0.3 is 0 Å². The van der Waals surface area contributed by atoms with Crippen LogP contribution in [0.2, 0.25) is 0 Å². The summed E-state index contributed by atoms with van der Waals surface area (Å²) >= 11 is 0. The molecule has 0 radical (unpaired) electrons. The molecule has 5 nitrogen and oxygen atoms in total. The molecule has 0 saturated carbocycles. The molecule has 120 valence electrons. The maximum absolute atomic E-state index is 10.4. The summed E-state index contributed by atoms with van der Waals surface area (Å²) in [6, 6.07) is 10.5. The lowest BCUT2D eigenvalue weighted by Gasteiger charge is -2.08. The molecule has 4 aromatic rings. The van der Waals surface area contributed by atoms with Gasteiger partial charge in [-0.1, -0.05) is 0 Å². The van der Waals surface area contributed by atoms with Crippen LogP contribution in [-0.4, -0.2) is 21.9 Å². The van der Waals surface area contributed by atoms with E-state index in [1.54, 1.807) is 12.1 Å². The molecule has 5 heteroatoms. The summed E-state index contributed by atoms with van der Waals surface area (Å²) in [5, 5.41) is 33.1. The van der Waals surface area contributed by atoms with Gasteiger partial charge in [0.05, 0.1) is 17.4 Å². The maximum Gasteiger partial charge on any atom is 0.219 e. The molecule has 24 heavy (non-hydrogen) atoms. The number of hydrogen-bond acceptors (Lipinski definition) is 4. The van der Waals surface area contributed by atoms with E-state index in [1.807, 2.05) is 41.9 Å². The Labute approximate surface area is 137 Å². The molecule has 0 bridgehead atoms. The molecule has 4 rings (SSSR count). The summed E-state index contributed by atoms with van der Waals surface area (Å²) < 4.78 is 7.31. The first-order valence-electron chi connectivity index (χ1n) is 7.66. The van der Waals surface area contributed by atoms with Gasteiger partial charge in [0.2, 0.25) is 5.52 Å². The number of nitrogens with zero attached hydrogens (tertiary/aromatic N) is 1. The van der Waals surface area contributed by atoms with Crippen LogP contribution in [0.4, 0.5) is 0 Å². The van der Waals surface area contributed by atoms with Gasteiger partial charge in [-0.15, -0.1) is 0 Å². The zero-order valence-electron chi connectivity index (χ0n) is 13.0. The highest BCUT2D eigenvalue weighted by atomic mass is 16.5. The average molecular weight is 322 g/mol. The number of ether oxygens (including phenoxy) is 1. The minimum atomic E-state index is -0.162. The molecule has 0 aliphatic rings. The zero-order valence-corrected chi connectivity index (χ0v) is 13.0. The SMILES string of the molecule is CCOc1ccc2cc3c4cc(O)c(O)cc4cc[n+]3cc2c1O. The highest BCUT2D eigenvalue weighted by Gasteiger charge is 2.16. The van der Waals surface area contributed by atoms with Gasteiger partial charge < -0.3 is 20.1 Å². The van der Waals surface area contributed by atoms with Gasteiger partial charge in [0.15, 0.2) is 35.4 Å². The van der Waals surface area contributed by atoms with E-state index in [1.165, 1.54) is 6.07 Å². The van der Waals surface area contributed by atoms with Crippen molar-refractivity contribution in [3.63, 3.8) is 0 Å². The van der Waals surface area contributed by atoms with E-state index in [0.29, 0.717) is 17.7 Å². The van der Waals surface area contributed by atoms with E-state index in [4.69, 9.17) is 4.74 Å². The third kappa shape index (κ3) is 2.06. The Morgan fingerprint density at radius 3 is 2.46 bits per heavy atom. The first-order valence-corrected chi connectivity index (χ1v) is 7.66. The highest BCUT2D eigenvalue weighted by molar-refractivity contribution is 6.00. The van der Waals surface area contributed by atoms with Gasteiger partial charge in [-0.25, -0.2) is 0 Å². The van der Waals surface area contributed by atoms with Crippen molar-refractivity contribution in [3.05, 3.63) is 48.8 Å². The molecule has 2 heterocycles. The van der Waals surface area contributed by atoms with Crippen LogP contribution < -0.4 is 9.14 Å².